The lowest BCUT2D eigenvalue weighted by Crippen LogP contribution is -2.38. The van der Waals surface area contributed by atoms with Crippen LogP contribution in [0.5, 0.6) is 0 Å². The van der Waals surface area contributed by atoms with Crippen molar-refractivity contribution in [2.45, 2.75) is 44.9 Å². The summed E-state index contributed by atoms with van der Waals surface area (Å²) in [6, 6.07) is 4.81. The molecule has 54 valence electrons. The minimum absolute atomic E-state index is 0.560. The molecular weight excluding hydrogens is 124 g/mol. The summed E-state index contributed by atoms with van der Waals surface area (Å²) in [7, 11) is -0.560. The first kappa shape index (κ1) is 7.33. The Hall–Kier alpha value is 0.217. The zero-order chi connectivity index (χ0) is 6.91. The first-order valence-corrected chi connectivity index (χ1v) is 7.24. The van der Waals surface area contributed by atoms with Gasteiger partial charge in [-0.15, -0.1) is 0 Å². The fourth-order valence-electron chi connectivity index (χ4n) is 1.97. The van der Waals surface area contributed by atoms with E-state index >= 15 is 0 Å². The quantitative estimate of drug-likeness (QED) is 0.520. The fourth-order valence-corrected chi connectivity index (χ4v) is 5.91. The Morgan fingerprint density at radius 2 is 1.89 bits per heavy atom. The highest BCUT2D eigenvalue weighted by Crippen LogP contribution is 2.37. The molecule has 1 saturated heterocycles. The Morgan fingerprint density at radius 1 is 1.33 bits per heavy atom. The molecule has 0 nitrogen and oxygen atoms in total. The molecule has 0 unspecified atom stereocenters. The van der Waals surface area contributed by atoms with Crippen molar-refractivity contribution in [3.8, 4) is 0 Å². The van der Waals surface area contributed by atoms with Crippen LogP contribution in [-0.2, 0) is 0 Å². The van der Waals surface area contributed by atoms with Gasteiger partial charge in [0.25, 0.3) is 0 Å². The average molecular weight is 142 g/mol. The normalized spacial score (nSPS) is 24.0. The summed E-state index contributed by atoms with van der Waals surface area (Å²) >= 11 is 0. The molecule has 0 aliphatic carbocycles. The highest BCUT2D eigenvalue weighted by Gasteiger charge is 2.34. The highest BCUT2D eigenvalue weighted by atomic mass is 28.3. The van der Waals surface area contributed by atoms with Crippen LogP contribution in [0.3, 0.4) is 0 Å². The van der Waals surface area contributed by atoms with Crippen molar-refractivity contribution >= 4 is 8.07 Å². The smallest absolute Gasteiger partial charge is 0.0507 e. The summed E-state index contributed by atoms with van der Waals surface area (Å²) in [6.07, 6.45) is 1.54. The van der Waals surface area contributed by atoms with Crippen LogP contribution in [0.4, 0.5) is 0 Å². The van der Waals surface area contributed by atoms with Gasteiger partial charge in [-0.3, -0.25) is 0 Å². The first-order chi connectivity index (χ1) is 4.12. The molecule has 0 bridgehead atoms. The van der Waals surface area contributed by atoms with Crippen LogP contribution < -0.4 is 0 Å². The Balaban J connectivity index is 2.24. The van der Waals surface area contributed by atoms with Crippen LogP contribution in [0.25, 0.3) is 0 Å². The molecule has 1 heterocycles. The molecule has 0 atom stereocenters. The first-order valence-electron chi connectivity index (χ1n) is 4.12. The second kappa shape index (κ2) is 2.45. The van der Waals surface area contributed by atoms with Gasteiger partial charge in [-0.05, 0) is 5.92 Å². The molecule has 0 aromatic heterocycles. The maximum atomic E-state index is 2.57. The largest absolute Gasteiger partial charge is 0.0691 e. The summed E-state index contributed by atoms with van der Waals surface area (Å²) in [4.78, 5) is 0. The molecule has 0 N–H and O–H groups in total. The van der Waals surface area contributed by atoms with Gasteiger partial charge in [0.1, 0.15) is 0 Å². The van der Waals surface area contributed by atoms with E-state index in [-0.39, 0.29) is 0 Å². The highest BCUT2D eigenvalue weighted by molar-refractivity contribution is 6.81. The molecule has 9 heavy (non-hydrogen) atoms. The Labute approximate surface area is 59.7 Å². The molecule has 0 saturated carbocycles. The fraction of sp³-hybridized carbons (Fsp3) is 1.00. The van der Waals surface area contributed by atoms with Crippen molar-refractivity contribution < 1.29 is 0 Å². The lowest BCUT2D eigenvalue weighted by Gasteiger charge is -2.37. The second-order valence-corrected chi connectivity index (χ2v) is 9.29. The van der Waals surface area contributed by atoms with Gasteiger partial charge < -0.3 is 0 Å². The van der Waals surface area contributed by atoms with Crippen molar-refractivity contribution in [3.63, 3.8) is 0 Å². The van der Waals surface area contributed by atoms with Gasteiger partial charge in [0.05, 0.1) is 8.07 Å². The van der Waals surface area contributed by atoms with Crippen molar-refractivity contribution in [1.82, 2.24) is 0 Å². The molecule has 0 aromatic carbocycles. The van der Waals surface area contributed by atoms with E-state index in [9.17, 15) is 0 Å². The average Bonchev–Trinajstić information content (AvgIpc) is 1.60. The zero-order valence-electron chi connectivity index (χ0n) is 6.91. The SMILES string of the molecule is CC(C)C[Si]1(C)CCC1. The third-order valence-corrected chi connectivity index (χ3v) is 7.39. The molecular formula is C8H18Si. The Bertz CT molecular complexity index is 92.7. The van der Waals surface area contributed by atoms with Crippen LogP contribution in [0, 0.1) is 5.92 Å². The standard InChI is InChI=1S/C8H18Si/c1-8(2)7-9(3)5-4-6-9/h8H,4-7H2,1-3H3. The van der Waals surface area contributed by atoms with Crippen molar-refractivity contribution in [2.75, 3.05) is 0 Å². The summed E-state index contributed by atoms with van der Waals surface area (Å²) in [5, 5.41) is 0. The number of rotatable bonds is 2. The predicted octanol–water partition coefficient (Wildman–Crippen LogP) is 3.12. The van der Waals surface area contributed by atoms with Gasteiger partial charge in [-0.25, -0.2) is 0 Å². The van der Waals surface area contributed by atoms with Crippen LogP contribution in [-0.4, -0.2) is 8.07 Å². The van der Waals surface area contributed by atoms with Crippen LogP contribution >= 0.6 is 0 Å². The van der Waals surface area contributed by atoms with Crippen LogP contribution in [0.15, 0.2) is 0 Å². The predicted molar refractivity (Wildman–Crippen MR) is 45.5 cm³/mol. The van der Waals surface area contributed by atoms with Gasteiger partial charge >= 0.3 is 0 Å². The Kier molecular flexibility index (Phi) is 1.99. The van der Waals surface area contributed by atoms with E-state index in [1.54, 1.807) is 18.1 Å². The van der Waals surface area contributed by atoms with E-state index in [2.05, 4.69) is 20.4 Å². The second-order valence-electron chi connectivity index (χ2n) is 4.26. The number of hydrogen-bond donors (Lipinski definition) is 0. The van der Waals surface area contributed by atoms with Gasteiger partial charge in [0.15, 0.2) is 0 Å². The lowest BCUT2D eigenvalue weighted by atomic mass is 10.3. The molecule has 0 radical (unpaired) electrons. The monoisotopic (exact) mass is 142 g/mol. The molecule has 0 spiro atoms. The minimum Gasteiger partial charge on any atom is -0.0691 e. The van der Waals surface area contributed by atoms with E-state index < -0.39 is 8.07 Å². The molecule has 1 aliphatic rings. The van der Waals surface area contributed by atoms with Crippen molar-refractivity contribution in [2.24, 2.45) is 5.92 Å². The molecule has 1 rings (SSSR count). The van der Waals surface area contributed by atoms with E-state index in [1.807, 2.05) is 0 Å². The number of hydrogen-bond acceptors (Lipinski definition) is 0. The summed E-state index contributed by atoms with van der Waals surface area (Å²) < 4.78 is 0. The van der Waals surface area contributed by atoms with Gasteiger partial charge in [0, 0.05) is 0 Å². The van der Waals surface area contributed by atoms with Crippen molar-refractivity contribution in [3.05, 3.63) is 0 Å². The lowest BCUT2D eigenvalue weighted by molar-refractivity contribution is 0.693. The zero-order valence-corrected chi connectivity index (χ0v) is 7.91. The maximum absolute atomic E-state index is 2.57. The van der Waals surface area contributed by atoms with E-state index in [0.717, 1.165) is 5.92 Å². The molecule has 1 aliphatic heterocycles. The van der Waals surface area contributed by atoms with E-state index in [4.69, 9.17) is 0 Å². The van der Waals surface area contributed by atoms with E-state index in [1.165, 1.54) is 6.42 Å². The third kappa shape index (κ3) is 1.82. The minimum atomic E-state index is -0.560. The third-order valence-electron chi connectivity index (χ3n) is 2.46. The molecule has 0 amide bonds. The maximum Gasteiger partial charge on any atom is 0.0507 e. The molecule has 1 heteroatoms. The van der Waals surface area contributed by atoms with Crippen LogP contribution in [0.1, 0.15) is 20.3 Å². The van der Waals surface area contributed by atoms with Crippen molar-refractivity contribution in [1.29, 1.82) is 0 Å². The summed E-state index contributed by atoms with van der Waals surface area (Å²) in [5.41, 5.74) is 0. The van der Waals surface area contributed by atoms with E-state index in [0.29, 0.717) is 0 Å². The topological polar surface area (TPSA) is 0 Å². The summed E-state index contributed by atoms with van der Waals surface area (Å²) in [6.45, 7) is 7.28. The summed E-state index contributed by atoms with van der Waals surface area (Å²) in [5.74, 6) is 0.960. The van der Waals surface area contributed by atoms with Gasteiger partial charge in [-0.1, -0.05) is 44.9 Å². The van der Waals surface area contributed by atoms with Gasteiger partial charge in [0.2, 0.25) is 0 Å². The molecule has 1 fully saturated rings. The van der Waals surface area contributed by atoms with Gasteiger partial charge in [-0.2, -0.15) is 0 Å². The van der Waals surface area contributed by atoms with Crippen LogP contribution in [0.2, 0.25) is 24.7 Å². The Morgan fingerprint density at radius 3 is 2.00 bits per heavy atom. The molecule has 0 aromatic rings.